The smallest absolute Gasteiger partial charge is 0.164 e. The summed E-state index contributed by atoms with van der Waals surface area (Å²) in [4.78, 5) is 15.5. The Labute approximate surface area is 299 Å². The second-order valence-corrected chi connectivity index (χ2v) is 13.9. The Hall–Kier alpha value is -6.49. The van der Waals surface area contributed by atoms with Gasteiger partial charge in [-0.2, -0.15) is 0 Å². The highest BCUT2D eigenvalue weighted by molar-refractivity contribution is 7.27. The maximum absolute atomic E-state index is 5.20. The molecule has 0 saturated heterocycles. The highest BCUT2D eigenvalue weighted by Crippen LogP contribution is 2.44. The lowest BCUT2D eigenvalue weighted by Gasteiger charge is -2.11. The van der Waals surface area contributed by atoms with Crippen LogP contribution in [0.5, 0.6) is 0 Å². The van der Waals surface area contributed by atoms with Gasteiger partial charge in [0.25, 0.3) is 0 Å². The normalized spacial score (nSPS) is 11.5. The molecule has 3 nitrogen and oxygen atoms in total. The van der Waals surface area contributed by atoms with Gasteiger partial charge in [0.1, 0.15) is 0 Å². The van der Waals surface area contributed by atoms with E-state index in [4.69, 9.17) is 15.0 Å². The molecule has 0 spiro atoms. The highest BCUT2D eigenvalue weighted by atomic mass is 32.1. The molecule has 0 fully saturated rings. The van der Waals surface area contributed by atoms with Crippen LogP contribution in [-0.4, -0.2) is 15.0 Å². The predicted octanol–water partition coefficient (Wildman–Crippen LogP) is 12.9. The van der Waals surface area contributed by atoms with Gasteiger partial charge in [-0.1, -0.05) is 170 Å². The fraction of sp³-hybridized carbons (Fsp3) is 0. The van der Waals surface area contributed by atoms with Crippen molar-refractivity contribution in [3.05, 3.63) is 176 Å². The van der Waals surface area contributed by atoms with E-state index in [9.17, 15) is 0 Å². The molecule has 0 bridgehead atoms. The molecule has 0 atom stereocenters. The summed E-state index contributed by atoms with van der Waals surface area (Å²) in [6, 6.07) is 62.0. The molecule has 0 aliphatic rings. The third-order valence-electron chi connectivity index (χ3n) is 9.75. The molecule has 0 aliphatic heterocycles. The molecule has 10 aromatic rings. The minimum Gasteiger partial charge on any atom is -0.208 e. The van der Waals surface area contributed by atoms with Crippen molar-refractivity contribution in [2.75, 3.05) is 0 Å². The van der Waals surface area contributed by atoms with Crippen LogP contribution < -0.4 is 0 Å². The molecule has 0 aliphatic carbocycles. The van der Waals surface area contributed by atoms with E-state index in [0.717, 1.165) is 27.8 Å². The number of benzene rings is 8. The second-order valence-electron chi connectivity index (χ2n) is 12.8. The van der Waals surface area contributed by atoms with Crippen LogP contribution in [0.25, 0.3) is 98.1 Å². The first-order valence-electron chi connectivity index (χ1n) is 17.1. The van der Waals surface area contributed by atoms with Gasteiger partial charge in [0.15, 0.2) is 17.5 Å². The van der Waals surface area contributed by atoms with Crippen molar-refractivity contribution in [3.63, 3.8) is 0 Å². The zero-order valence-corrected chi connectivity index (χ0v) is 28.3. The van der Waals surface area contributed by atoms with Crippen LogP contribution in [0.2, 0.25) is 0 Å². The van der Waals surface area contributed by atoms with Gasteiger partial charge in [-0.05, 0) is 44.5 Å². The quantitative estimate of drug-likeness (QED) is 0.171. The minimum atomic E-state index is 0.648. The van der Waals surface area contributed by atoms with Crippen molar-refractivity contribution in [1.82, 2.24) is 15.0 Å². The lowest BCUT2D eigenvalue weighted by molar-refractivity contribution is 1.08. The van der Waals surface area contributed by atoms with E-state index in [2.05, 4.69) is 164 Å². The van der Waals surface area contributed by atoms with Gasteiger partial charge in [0.05, 0.1) is 0 Å². The van der Waals surface area contributed by atoms with Gasteiger partial charge >= 0.3 is 0 Å². The molecule has 10 rings (SSSR count). The Bertz CT molecular complexity index is 2780. The first-order valence-corrected chi connectivity index (χ1v) is 17.9. The number of fused-ring (bicyclic) bond motifs is 7. The van der Waals surface area contributed by atoms with E-state index in [1.807, 2.05) is 23.5 Å². The number of aromatic nitrogens is 3. The Kier molecular flexibility index (Phi) is 7.00. The van der Waals surface area contributed by atoms with E-state index in [0.29, 0.717) is 17.5 Å². The molecule has 0 N–H and O–H groups in total. The molecular formula is C47H29N3S. The van der Waals surface area contributed by atoms with Gasteiger partial charge < -0.3 is 0 Å². The number of hydrogen-bond acceptors (Lipinski definition) is 4. The molecule has 4 heteroatoms. The third-order valence-corrected chi connectivity index (χ3v) is 10.9. The molecule has 51 heavy (non-hydrogen) atoms. The maximum atomic E-state index is 5.20. The fourth-order valence-corrected chi connectivity index (χ4v) is 8.50. The summed E-state index contributed by atoms with van der Waals surface area (Å²) in [6.07, 6.45) is 0. The number of nitrogens with zero attached hydrogens (tertiary/aromatic N) is 3. The molecule has 2 aromatic heterocycles. The number of hydrogen-bond donors (Lipinski definition) is 0. The molecule has 0 radical (unpaired) electrons. The topological polar surface area (TPSA) is 38.7 Å². The molecule has 0 amide bonds. The third kappa shape index (κ3) is 5.16. The van der Waals surface area contributed by atoms with Crippen molar-refractivity contribution in [1.29, 1.82) is 0 Å². The summed E-state index contributed by atoms with van der Waals surface area (Å²) in [6.45, 7) is 0. The zero-order chi connectivity index (χ0) is 33.7. The summed E-state index contributed by atoms with van der Waals surface area (Å²) in [7, 11) is 0. The molecule has 238 valence electrons. The van der Waals surface area contributed by atoms with E-state index in [1.165, 1.54) is 52.8 Å². The standard InChI is InChI=1S/C47H29N3S/c1-3-10-30(11-4-1)32-18-24-36(25-19-32)45-48-46(37-26-20-33(21-27-37)31-12-5-2-6-13-31)50-47(49-45)40-16-9-17-41-43(40)39-29-28-35-23-22-34-14-7-8-15-38(34)42(35)44(39)51-41/h1-29H. The first kappa shape index (κ1) is 29.4. The summed E-state index contributed by atoms with van der Waals surface area (Å²) in [5.74, 6) is 1.96. The predicted molar refractivity (Wildman–Crippen MR) is 215 cm³/mol. The van der Waals surface area contributed by atoms with Crippen molar-refractivity contribution in [2.24, 2.45) is 0 Å². The summed E-state index contributed by atoms with van der Waals surface area (Å²) >= 11 is 1.84. The Morgan fingerprint density at radius 3 is 1.47 bits per heavy atom. The van der Waals surface area contributed by atoms with Crippen LogP contribution >= 0.6 is 11.3 Å². The monoisotopic (exact) mass is 667 g/mol. The van der Waals surface area contributed by atoms with Crippen molar-refractivity contribution in [3.8, 4) is 56.4 Å². The van der Waals surface area contributed by atoms with Crippen molar-refractivity contribution in [2.45, 2.75) is 0 Å². The van der Waals surface area contributed by atoms with Gasteiger partial charge in [0, 0.05) is 42.2 Å². The minimum absolute atomic E-state index is 0.648. The van der Waals surface area contributed by atoms with Gasteiger partial charge in [-0.3, -0.25) is 0 Å². The van der Waals surface area contributed by atoms with Gasteiger partial charge in [-0.15, -0.1) is 11.3 Å². The zero-order valence-electron chi connectivity index (χ0n) is 27.5. The van der Waals surface area contributed by atoms with Gasteiger partial charge in [0.2, 0.25) is 0 Å². The largest absolute Gasteiger partial charge is 0.208 e. The van der Waals surface area contributed by atoms with Gasteiger partial charge in [-0.25, -0.2) is 15.0 Å². The summed E-state index contributed by atoms with van der Waals surface area (Å²) in [5, 5.41) is 7.46. The maximum Gasteiger partial charge on any atom is 0.164 e. The van der Waals surface area contributed by atoms with Crippen molar-refractivity contribution < 1.29 is 0 Å². The first-order chi connectivity index (χ1) is 25.3. The molecule has 0 saturated carbocycles. The average Bonchev–Trinajstić information content (AvgIpc) is 3.61. The number of rotatable bonds is 5. The summed E-state index contributed by atoms with van der Waals surface area (Å²) in [5.41, 5.74) is 7.55. The van der Waals surface area contributed by atoms with Crippen LogP contribution in [0, 0.1) is 0 Å². The Morgan fingerprint density at radius 1 is 0.314 bits per heavy atom. The lowest BCUT2D eigenvalue weighted by atomic mass is 9.98. The van der Waals surface area contributed by atoms with Crippen LogP contribution in [-0.2, 0) is 0 Å². The van der Waals surface area contributed by atoms with Crippen molar-refractivity contribution >= 4 is 53.1 Å². The number of thiophene rings is 1. The Morgan fingerprint density at radius 2 is 0.824 bits per heavy atom. The van der Waals surface area contributed by atoms with E-state index in [-0.39, 0.29) is 0 Å². The Balaban J connectivity index is 1.17. The van der Waals surface area contributed by atoms with E-state index in [1.54, 1.807) is 0 Å². The molecular weight excluding hydrogens is 639 g/mol. The van der Waals surface area contributed by atoms with E-state index >= 15 is 0 Å². The van der Waals surface area contributed by atoms with Crippen LogP contribution in [0.3, 0.4) is 0 Å². The SMILES string of the molecule is c1ccc(-c2ccc(-c3nc(-c4ccc(-c5ccccc5)cc4)nc(-c4cccc5sc6c(ccc7ccc8ccccc8c76)c45)n3)cc2)cc1. The fourth-order valence-electron chi connectivity index (χ4n) is 7.20. The second kappa shape index (κ2) is 12.1. The van der Waals surface area contributed by atoms with E-state index < -0.39 is 0 Å². The van der Waals surface area contributed by atoms with Crippen LogP contribution in [0.1, 0.15) is 0 Å². The lowest BCUT2D eigenvalue weighted by Crippen LogP contribution is -2.00. The van der Waals surface area contributed by atoms with Crippen LogP contribution in [0.4, 0.5) is 0 Å². The molecule has 0 unspecified atom stereocenters. The molecule has 2 heterocycles. The van der Waals surface area contributed by atoms with Crippen LogP contribution in [0.15, 0.2) is 176 Å². The molecule has 8 aromatic carbocycles. The average molecular weight is 668 g/mol. The summed E-state index contributed by atoms with van der Waals surface area (Å²) < 4.78 is 2.50. The highest BCUT2D eigenvalue weighted by Gasteiger charge is 2.19.